The summed E-state index contributed by atoms with van der Waals surface area (Å²) in [5.41, 5.74) is 3.12. The standard InChI is InChI=1S/C18H25N5O3/c1-6-14-16(10(3)21-26-14)20-18(25)12-8-15(24)23(7-2)17(12)13-9-19-22(5)11(13)4/h9,12,17H,6-8H2,1-5H3,(H,20,25)/t12-,17-/m0/s1. The number of anilines is 1. The summed E-state index contributed by atoms with van der Waals surface area (Å²) >= 11 is 0. The van der Waals surface area contributed by atoms with Gasteiger partial charge in [-0.3, -0.25) is 14.3 Å². The Hall–Kier alpha value is -2.64. The van der Waals surface area contributed by atoms with Gasteiger partial charge >= 0.3 is 0 Å². The van der Waals surface area contributed by atoms with Gasteiger partial charge in [-0.2, -0.15) is 5.10 Å². The summed E-state index contributed by atoms with van der Waals surface area (Å²) in [7, 11) is 1.86. The zero-order valence-electron chi connectivity index (χ0n) is 15.9. The summed E-state index contributed by atoms with van der Waals surface area (Å²) in [5.74, 6) is -0.0480. The molecule has 2 amide bonds. The van der Waals surface area contributed by atoms with Gasteiger partial charge in [0.05, 0.1) is 18.2 Å². The summed E-state index contributed by atoms with van der Waals surface area (Å²) in [6.45, 7) is 8.16. The van der Waals surface area contributed by atoms with Crippen molar-refractivity contribution in [2.75, 3.05) is 11.9 Å². The maximum Gasteiger partial charge on any atom is 0.230 e. The van der Waals surface area contributed by atoms with E-state index in [1.807, 2.05) is 27.8 Å². The zero-order chi connectivity index (χ0) is 19.0. The van der Waals surface area contributed by atoms with Crippen LogP contribution in [0.1, 0.15) is 49.0 Å². The van der Waals surface area contributed by atoms with Crippen molar-refractivity contribution in [1.82, 2.24) is 19.8 Å². The molecule has 26 heavy (non-hydrogen) atoms. The second kappa shape index (κ2) is 6.93. The Balaban J connectivity index is 1.93. The molecule has 2 aromatic heterocycles. The van der Waals surface area contributed by atoms with Crippen molar-refractivity contribution >= 4 is 17.5 Å². The first-order chi connectivity index (χ1) is 12.4. The van der Waals surface area contributed by atoms with Crippen molar-refractivity contribution in [1.29, 1.82) is 0 Å². The molecule has 1 N–H and O–H groups in total. The van der Waals surface area contributed by atoms with Crippen molar-refractivity contribution in [3.8, 4) is 0 Å². The minimum Gasteiger partial charge on any atom is -0.359 e. The van der Waals surface area contributed by atoms with Gasteiger partial charge in [0.2, 0.25) is 11.8 Å². The Morgan fingerprint density at radius 2 is 2.12 bits per heavy atom. The fraction of sp³-hybridized carbons (Fsp3) is 0.556. The second-order valence-corrected chi connectivity index (χ2v) is 6.65. The number of likely N-dealkylation sites (tertiary alicyclic amines) is 1. The van der Waals surface area contributed by atoms with E-state index in [1.165, 1.54) is 0 Å². The molecule has 0 bridgehead atoms. The Morgan fingerprint density at radius 3 is 2.69 bits per heavy atom. The Kier molecular flexibility index (Phi) is 4.84. The largest absolute Gasteiger partial charge is 0.359 e. The first-order valence-electron chi connectivity index (χ1n) is 8.92. The van der Waals surface area contributed by atoms with Crippen LogP contribution in [0.3, 0.4) is 0 Å². The number of carbonyl (C=O) groups is 2. The van der Waals surface area contributed by atoms with E-state index in [0.717, 1.165) is 11.3 Å². The van der Waals surface area contributed by atoms with Gasteiger partial charge in [0.25, 0.3) is 0 Å². The molecule has 140 valence electrons. The molecular formula is C18H25N5O3. The normalized spacial score (nSPS) is 20.0. The molecule has 2 aromatic rings. The van der Waals surface area contributed by atoms with Gasteiger partial charge in [-0.1, -0.05) is 12.1 Å². The molecule has 0 radical (unpaired) electrons. The van der Waals surface area contributed by atoms with Crippen LogP contribution in [-0.4, -0.2) is 38.2 Å². The highest BCUT2D eigenvalue weighted by Gasteiger charge is 2.45. The molecule has 0 aromatic carbocycles. The molecule has 1 aliphatic rings. The maximum atomic E-state index is 13.1. The van der Waals surface area contributed by atoms with E-state index in [2.05, 4.69) is 15.6 Å². The number of amides is 2. The first kappa shape index (κ1) is 18.2. The van der Waals surface area contributed by atoms with Crippen molar-refractivity contribution in [2.45, 2.75) is 46.6 Å². The van der Waals surface area contributed by atoms with Crippen LogP contribution in [0.2, 0.25) is 0 Å². The van der Waals surface area contributed by atoms with E-state index >= 15 is 0 Å². The predicted octanol–water partition coefficient (Wildman–Crippen LogP) is 2.14. The number of aryl methyl sites for hydroxylation is 3. The summed E-state index contributed by atoms with van der Waals surface area (Å²) in [4.78, 5) is 27.3. The third-order valence-electron chi connectivity index (χ3n) is 5.20. The average molecular weight is 359 g/mol. The van der Waals surface area contributed by atoms with E-state index in [4.69, 9.17) is 4.52 Å². The van der Waals surface area contributed by atoms with Crippen LogP contribution in [-0.2, 0) is 23.1 Å². The van der Waals surface area contributed by atoms with Crippen LogP contribution in [0.15, 0.2) is 10.7 Å². The minimum atomic E-state index is -0.482. The number of nitrogens with one attached hydrogen (secondary N) is 1. The summed E-state index contributed by atoms with van der Waals surface area (Å²) in [6, 6.07) is -0.313. The van der Waals surface area contributed by atoms with Crippen molar-refractivity contribution < 1.29 is 14.1 Å². The maximum absolute atomic E-state index is 13.1. The molecule has 1 fully saturated rings. The molecule has 1 aliphatic heterocycles. The summed E-state index contributed by atoms with van der Waals surface area (Å²) < 4.78 is 7.01. The van der Waals surface area contributed by atoms with Crippen LogP contribution >= 0.6 is 0 Å². The third kappa shape index (κ3) is 2.89. The van der Waals surface area contributed by atoms with E-state index < -0.39 is 5.92 Å². The fourth-order valence-corrected chi connectivity index (χ4v) is 3.62. The number of nitrogens with zero attached hydrogens (tertiary/aromatic N) is 4. The molecule has 3 rings (SSSR count). The minimum absolute atomic E-state index is 0.0151. The van der Waals surface area contributed by atoms with Crippen LogP contribution in [0.4, 0.5) is 5.69 Å². The molecule has 3 heterocycles. The summed E-state index contributed by atoms with van der Waals surface area (Å²) in [5, 5.41) is 11.2. The Bertz CT molecular complexity index is 838. The lowest BCUT2D eigenvalue weighted by Crippen LogP contribution is -2.32. The molecule has 0 aliphatic carbocycles. The van der Waals surface area contributed by atoms with Gasteiger partial charge < -0.3 is 14.7 Å². The van der Waals surface area contributed by atoms with E-state index in [1.54, 1.807) is 22.7 Å². The van der Waals surface area contributed by atoms with Gasteiger partial charge in [0.15, 0.2) is 5.76 Å². The van der Waals surface area contributed by atoms with Crippen molar-refractivity contribution in [2.24, 2.45) is 13.0 Å². The monoisotopic (exact) mass is 359 g/mol. The third-order valence-corrected chi connectivity index (χ3v) is 5.20. The second-order valence-electron chi connectivity index (χ2n) is 6.65. The van der Waals surface area contributed by atoms with E-state index in [0.29, 0.717) is 30.1 Å². The van der Waals surface area contributed by atoms with Crippen LogP contribution in [0, 0.1) is 19.8 Å². The van der Waals surface area contributed by atoms with Gasteiger partial charge in [-0.05, 0) is 20.8 Å². The van der Waals surface area contributed by atoms with Gasteiger partial charge in [0.1, 0.15) is 11.4 Å². The zero-order valence-corrected chi connectivity index (χ0v) is 15.9. The van der Waals surface area contributed by atoms with Crippen molar-refractivity contribution in [3.05, 3.63) is 28.9 Å². The van der Waals surface area contributed by atoms with Gasteiger partial charge in [0, 0.05) is 37.7 Å². The van der Waals surface area contributed by atoms with E-state index in [9.17, 15) is 9.59 Å². The SMILES string of the molecule is CCc1onc(C)c1NC(=O)[C@H]1CC(=O)N(CC)[C@@H]1c1cnn(C)c1C. The topological polar surface area (TPSA) is 93.3 Å². The predicted molar refractivity (Wildman–Crippen MR) is 95.4 cm³/mol. The lowest BCUT2D eigenvalue weighted by molar-refractivity contribution is -0.129. The first-order valence-corrected chi connectivity index (χ1v) is 8.92. The fourth-order valence-electron chi connectivity index (χ4n) is 3.62. The Labute approximate surface area is 152 Å². The van der Waals surface area contributed by atoms with Crippen LogP contribution in [0.5, 0.6) is 0 Å². The number of hydrogen-bond acceptors (Lipinski definition) is 5. The van der Waals surface area contributed by atoms with Crippen molar-refractivity contribution in [3.63, 3.8) is 0 Å². The molecule has 2 atom stereocenters. The summed E-state index contributed by atoms with van der Waals surface area (Å²) in [6.07, 6.45) is 2.57. The highest BCUT2D eigenvalue weighted by Crippen LogP contribution is 2.40. The lowest BCUT2D eigenvalue weighted by Gasteiger charge is -2.26. The molecule has 8 heteroatoms. The smallest absolute Gasteiger partial charge is 0.230 e. The highest BCUT2D eigenvalue weighted by molar-refractivity contribution is 5.98. The number of rotatable bonds is 5. The molecule has 0 unspecified atom stereocenters. The van der Waals surface area contributed by atoms with Crippen LogP contribution in [0.25, 0.3) is 0 Å². The number of hydrogen-bond donors (Lipinski definition) is 1. The molecule has 0 spiro atoms. The molecule has 1 saturated heterocycles. The van der Waals surface area contributed by atoms with Gasteiger partial charge in [-0.15, -0.1) is 0 Å². The number of carbonyl (C=O) groups excluding carboxylic acids is 2. The Morgan fingerprint density at radius 1 is 1.38 bits per heavy atom. The van der Waals surface area contributed by atoms with E-state index in [-0.39, 0.29) is 24.3 Å². The number of aromatic nitrogens is 3. The lowest BCUT2D eigenvalue weighted by atomic mass is 9.93. The quantitative estimate of drug-likeness (QED) is 0.883. The molecule has 8 nitrogen and oxygen atoms in total. The molecular weight excluding hydrogens is 334 g/mol. The van der Waals surface area contributed by atoms with Gasteiger partial charge in [-0.25, -0.2) is 0 Å². The highest BCUT2D eigenvalue weighted by atomic mass is 16.5. The molecule has 0 saturated carbocycles. The average Bonchev–Trinajstić information content (AvgIpc) is 3.25. The van der Waals surface area contributed by atoms with Crippen LogP contribution < -0.4 is 5.32 Å².